The molecule has 0 aliphatic heterocycles. The Labute approximate surface area is 63.4 Å². The molecule has 0 aliphatic carbocycles. The summed E-state index contributed by atoms with van der Waals surface area (Å²) in [5, 5.41) is 0. The molecule has 0 unspecified atom stereocenters. The SMILES string of the molecule is C=CCCCC(=CC)OC. The highest BCUT2D eigenvalue weighted by Crippen LogP contribution is 2.07. The van der Waals surface area contributed by atoms with Crippen LogP contribution in [0.3, 0.4) is 0 Å². The number of unbranched alkanes of at least 4 members (excludes halogenated alkanes) is 1. The lowest BCUT2D eigenvalue weighted by Crippen LogP contribution is -1.85. The van der Waals surface area contributed by atoms with Crippen LogP contribution in [0.2, 0.25) is 0 Å². The van der Waals surface area contributed by atoms with Crippen LogP contribution in [0.4, 0.5) is 0 Å². The van der Waals surface area contributed by atoms with Crippen LogP contribution < -0.4 is 0 Å². The molecule has 10 heavy (non-hydrogen) atoms. The fourth-order valence-electron chi connectivity index (χ4n) is 0.785. The summed E-state index contributed by atoms with van der Waals surface area (Å²) in [7, 11) is 1.71. The average Bonchev–Trinajstić information content (AvgIpc) is 1.99. The van der Waals surface area contributed by atoms with E-state index in [9.17, 15) is 0 Å². The van der Waals surface area contributed by atoms with E-state index in [4.69, 9.17) is 4.74 Å². The van der Waals surface area contributed by atoms with Crippen LogP contribution >= 0.6 is 0 Å². The van der Waals surface area contributed by atoms with Crippen molar-refractivity contribution in [1.29, 1.82) is 0 Å². The zero-order chi connectivity index (χ0) is 7.82. The number of hydrogen-bond donors (Lipinski definition) is 0. The summed E-state index contributed by atoms with van der Waals surface area (Å²) in [6.07, 6.45) is 7.17. The number of rotatable bonds is 5. The first-order valence-corrected chi connectivity index (χ1v) is 3.65. The largest absolute Gasteiger partial charge is 0.501 e. The Kier molecular flexibility index (Phi) is 5.94. The standard InChI is InChI=1S/C9H16O/c1-4-6-7-8-9(5-2)10-3/h4-5H,1,6-8H2,2-3H3. The second-order valence-corrected chi connectivity index (χ2v) is 2.14. The summed E-state index contributed by atoms with van der Waals surface area (Å²) >= 11 is 0. The van der Waals surface area contributed by atoms with Gasteiger partial charge in [0.15, 0.2) is 0 Å². The van der Waals surface area contributed by atoms with E-state index in [0.717, 1.165) is 25.0 Å². The van der Waals surface area contributed by atoms with E-state index in [1.807, 2.05) is 19.1 Å². The molecule has 58 valence electrons. The van der Waals surface area contributed by atoms with Crippen LogP contribution in [0.15, 0.2) is 24.5 Å². The molecule has 0 saturated heterocycles. The zero-order valence-corrected chi connectivity index (χ0v) is 6.89. The minimum Gasteiger partial charge on any atom is -0.501 e. The van der Waals surface area contributed by atoms with Crippen LogP contribution in [0.1, 0.15) is 26.2 Å². The van der Waals surface area contributed by atoms with Crippen molar-refractivity contribution >= 4 is 0 Å². The van der Waals surface area contributed by atoms with Gasteiger partial charge in [0.05, 0.1) is 12.9 Å². The Hall–Kier alpha value is -0.720. The first-order chi connectivity index (χ1) is 4.85. The summed E-state index contributed by atoms with van der Waals surface area (Å²) in [4.78, 5) is 0. The van der Waals surface area contributed by atoms with Crippen molar-refractivity contribution < 1.29 is 4.74 Å². The van der Waals surface area contributed by atoms with E-state index in [1.54, 1.807) is 7.11 Å². The molecule has 0 heterocycles. The third-order valence-electron chi connectivity index (χ3n) is 1.42. The Balaban J connectivity index is 3.36. The van der Waals surface area contributed by atoms with Crippen molar-refractivity contribution in [3.8, 4) is 0 Å². The van der Waals surface area contributed by atoms with Gasteiger partial charge in [0.2, 0.25) is 0 Å². The van der Waals surface area contributed by atoms with Gasteiger partial charge in [0.1, 0.15) is 0 Å². The van der Waals surface area contributed by atoms with E-state index in [-0.39, 0.29) is 0 Å². The minimum atomic E-state index is 1.03. The van der Waals surface area contributed by atoms with Gasteiger partial charge in [0.25, 0.3) is 0 Å². The molecule has 1 heteroatoms. The molecule has 0 saturated carbocycles. The molecule has 0 rings (SSSR count). The molecule has 0 bridgehead atoms. The zero-order valence-electron chi connectivity index (χ0n) is 6.89. The highest BCUT2D eigenvalue weighted by atomic mass is 16.5. The number of ether oxygens (including phenoxy) is 1. The predicted molar refractivity (Wildman–Crippen MR) is 44.8 cm³/mol. The minimum absolute atomic E-state index is 1.03. The Morgan fingerprint density at radius 3 is 2.70 bits per heavy atom. The average molecular weight is 140 g/mol. The topological polar surface area (TPSA) is 9.23 Å². The quantitative estimate of drug-likeness (QED) is 0.324. The summed E-state index contributed by atoms with van der Waals surface area (Å²) in [6.45, 7) is 5.64. The Morgan fingerprint density at radius 1 is 1.60 bits per heavy atom. The second-order valence-electron chi connectivity index (χ2n) is 2.14. The fraction of sp³-hybridized carbons (Fsp3) is 0.556. The summed E-state index contributed by atoms with van der Waals surface area (Å²) < 4.78 is 5.07. The Bertz CT molecular complexity index is 114. The summed E-state index contributed by atoms with van der Waals surface area (Å²) in [5.41, 5.74) is 0. The van der Waals surface area contributed by atoms with Crippen LogP contribution in [-0.2, 0) is 4.74 Å². The van der Waals surface area contributed by atoms with Crippen LogP contribution in [0.25, 0.3) is 0 Å². The third kappa shape index (κ3) is 4.19. The molecule has 0 amide bonds. The van der Waals surface area contributed by atoms with Crippen LogP contribution in [0, 0.1) is 0 Å². The molecular weight excluding hydrogens is 124 g/mol. The molecule has 0 fully saturated rings. The lowest BCUT2D eigenvalue weighted by molar-refractivity contribution is 0.274. The van der Waals surface area contributed by atoms with Gasteiger partial charge in [-0.3, -0.25) is 0 Å². The van der Waals surface area contributed by atoms with Gasteiger partial charge in [-0.25, -0.2) is 0 Å². The van der Waals surface area contributed by atoms with Crippen molar-refractivity contribution in [3.63, 3.8) is 0 Å². The van der Waals surface area contributed by atoms with Crippen LogP contribution in [0.5, 0.6) is 0 Å². The van der Waals surface area contributed by atoms with Gasteiger partial charge >= 0.3 is 0 Å². The van der Waals surface area contributed by atoms with Gasteiger partial charge in [-0.1, -0.05) is 6.08 Å². The maximum absolute atomic E-state index is 5.07. The molecule has 0 aromatic rings. The number of allylic oxidation sites excluding steroid dienone is 3. The van der Waals surface area contributed by atoms with Gasteiger partial charge in [-0.2, -0.15) is 0 Å². The van der Waals surface area contributed by atoms with Crippen molar-refractivity contribution in [2.24, 2.45) is 0 Å². The molecular formula is C9H16O. The third-order valence-corrected chi connectivity index (χ3v) is 1.42. The smallest absolute Gasteiger partial charge is 0.0913 e. The van der Waals surface area contributed by atoms with Crippen molar-refractivity contribution in [2.75, 3.05) is 7.11 Å². The van der Waals surface area contributed by atoms with Gasteiger partial charge in [-0.15, -0.1) is 6.58 Å². The molecule has 0 N–H and O–H groups in total. The Morgan fingerprint density at radius 2 is 2.30 bits per heavy atom. The normalized spacial score (nSPS) is 11.2. The number of hydrogen-bond acceptors (Lipinski definition) is 1. The summed E-state index contributed by atoms with van der Waals surface area (Å²) in [5.74, 6) is 1.07. The molecule has 0 spiro atoms. The van der Waals surface area contributed by atoms with E-state index < -0.39 is 0 Å². The summed E-state index contributed by atoms with van der Waals surface area (Å²) in [6, 6.07) is 0. The van der Waals surface area contributed by atoms with E-state index in [2.05, 4.69) is 6.58 Å². The van der Waals surface area contributed by atoms with E-state index in [1.165, 1.54) is 0 Å². The lowest BCUT2D eigenvalue weighted by Gasteiger charge is -2.02. The molecule has 0 radical (unpaired) electrons. The first kappa shape index (κ1) is 9.28. The van der Waals surface area contributed by atoms with Gasteiger partial charge < -0.3 is 4.74 Å². The predicted octanol–water partition coefficient (Wildman–Crippen LogP) is 2.89. The highest BCUT2D eigenvalue weighted by Gasteiger charge is 1.91. The lowest BCUT2D eigenvalue weighted by atomic mass is 10.2. The van der Waals surface area contributed by atoms with Crippen molar-refractivity contribution in [2.45, 2.75) is 26.2 Å². The maximum Gasteiger partial charge on any atom is 0.0913 e. The molecule has 1 nitrogen and oxygen atoms in total. The molecule has 0 aromatic carbocycles. The monoisotopic (exact) mass is 140 g/mol. The fourth-order valence-corrected chi connectivity index (χ4v) is 0.785. The van der Waals surface area contributed by atoms with Gasteiger partial charge in [-0.05, 0) is 25.8 Å². The van der Waals surface area contributed by atoms with Crippen LogP contribution in [-0.4, -0.2) is 7.11 Å². The second kappa shape index (κ2) is 6.40. The molecule has 0 aromatic heterocycles. The van der Waals surface area contributed by atoms with E-state index in [0.29, 0.717) is 0 Å². The van der Waals surface area contributed by atoms with Gasteiger partial charge in [0, 0.05) is 6.42 Å². The highest BCUT2D eigenvalue weighted by molar-refractivity contribution is 4.90. The van der Waals surface area contributed by atoms with Crippen molar-refractivity contribution in [1.82, 2.24) is 0 Å². The first-order valence-electron chi connectivity index (χ1n) is 3.65. The van der Waals surface area contributed by atoms with Crippen molar-refractivity contribution in [3.05, 3.63) is 24.5 Å². The van der Waals surface area contributed by atoms with E-state index >= 15 is 0 Å². The molecule has 0 aliphatic rings. The number of methoxy groups -OCH3 is 1. The molecule has 0 atom stereocenters. The maximum atomic E-state index is 5.07.